The number of nitrogens with one attached hydrogen (secondary N) is 1. The maximum absolute atomic E-state index is 12.6. The van der Waals surface area contributed by atoms with Crippen LogP contribution in [0.1, 0.15) is 27.6 Å². The molecule has 0 atom stereocenters. The van der Waals surface area contributed by atoms with Gasteiger partial charge in [-0.1, -0.05) is 54.6 Å². The highest BCUT2D eigenvalue weighted by Crippen LogP contribution is 2.27. The van der Waals surface area contributed by atoms with Crippen LogP contribution in [0.2, 0.25) is 0 Å². The Labute approximate surface area is 168 Å². The molecule has 0 radical (unpaired) electrons. The molecule has 0 aliphatic heterocycles. The van der Waals surface area contributed by atoms with Gasteiger partial charge in [0.1, 0.15) is 5.75 Å². The van der Waals surface area contributed by atoms with Crippen LogP contribution in [-0.4, -0.2) is 16.8 Å². The number of hydrogen-bond donors (Lipinski definition) is 2. The van der Waals surface area contributed by atoms with Crippen LogP contribution in [0, 0.1) is 0 Å². The molecular weight excluding hydrogens is 362 g/mol. The van der Waals surface area contributed by atoms with E-state index in [-0.39, 0.29) is 17.4 Å². The molecule has 2 N–H and O–H groups in total. The number of benzene rings is 4. The van der Waals surface area contributed by atoms with Crippen LogP contribution in [0.15, 0.2) is 84.9 Å². The van der Waals surface area contributed by atoms with E-state index in [0.29, 0.717) is 22.2 Å². The molecule has 0 saturated carbocycles. The van der Waals surface area contributed by atoms with Crippen molar-refractivity contribution in [1.82, 2.24) is 0 Å². The highest BCUT2D eigenvalue weighted by atomic mass is 16.3. The predicted octanol–water partition coefficient (Wildman–Crippen LogP) is 5.67. The minimum absolute atomic E-state index is 0.0329. The second kappa shape index (κ2) is 7.60. The molecule has 0 saturated heterocycles. The number of amides is 1. The van der Waals surface area contributed by atoms with Gasteiger partial charge in [0, 0.05) is 22.2 Å². The zero-order valence-electron chi connectivity index (χ0n) is 15.8. The molecule has 4 nitrogen and oxygen atoms in total. The number of aromatic hydroxyl groups is 1. The molecule has 0 unspecified atom stereocenters. The molecule has 0 heterocycles. The van der Waals surface area contributed by atoms with E-state index in [0.717, 1.165) is 16.5 Å². The molecule has 0 spiro atoms. The number of ketones is 1. The fraction of sp³-hybridized carbons (Fsp3) is 0.0400. The van der Waals surface area contributed by atoms with Crippen LogP contribution in [0.5, 0.6) is 5.75 Å². The minimum atomic E-state index is -0.224. The van der Waals surface area contributed by atoms with Crippen molar-refractivity contribution in [2.75, 3.05) is 5.32 Å². The number of phenolic OH excluding ortho intramolecular Hbond substituents is 1. The average Bonchev–Trinajstić information content (AvgIpc) is 2.74. The van der Waals surface area contributed by atoms with Crippen molar-refractivity contribution >= 4 is 28.2 Å². The van der Waals surface area contributed by atoms with E-state index in [1.54, 1.807) is 49.4 Å². The second-order valence-electron chi connectivity index (χ2n) is 6.88. The summed E-state index contributed by atoms with van der Waals surface area (Å²) in [6.07, 6.45) is 0. The van der Waals surface area contributed by atoms with Crippen molar-refractivity contribution in [3.05, 3.63) is 96.1 Å². The third-order valence-electron chi connectivity index (χ3n) is 4.89. The second-order valence-corrected chi connectivity index (χ2v) is 6.88. The number of rotatable bonds is 4. The summed E-state index contributed by atoms with van der Waals surface area (Å²) in [6, 6.07) is 25.4. The van der Waals surface area contributed by atoms with Crippen LogP contribution in [-0.2, 0) is 0 Å². The van der Waals surface area contributed by atoms with E-state index < -0.39 is 0 Å². The Hall–Kier alpha value is -3.92. The van der Waals surface area contributed by atoms with Crippen LogP contribution < -0.4 is 5.32 Å². The Kier molecular flexibility index (Phi) is 4.83. The maximum Gasteiger partial charge on any atom is 0.255 e. The van der Waals surface area contributed by atoms with E-state index in [9.17, 15) is 14.7 Å². The van der Waals surface area contributed by atoms with Gasteiger partial charge in [-0.15, -0.1) is 0 Å². The van der Waals surface area contributed by atoms with Crippen molar-refractivity contribution < 1.29 is 14.7 Å². The molecule has 29 heavy (non-hydrogen) atoms. The Morgan fingerprint density at radius 3 is 2.00 bits per heavy atom. The predicted molar refractivity (Wildman–Crippen MR) is 115 cm³/mol. The van der Waals surface area contributed by atoms with Gasteiger partial charge in [0.15, 0.2) is 5.78 Å². The van der Waals surface area contributed by atoms with Crippen LogP contribution in [0.4, 0.5) is 5.69 Å². The first-order valence-electron chi connectivity index (χ1n) is 9.26. The minimum Gasteiger partial charge on any atom is -0.507 e. The number of phenols is 1. The molecule has 0 aliphatic rings. The van der Waals surface area contributed by atoms with Gasteiger partial charge < -0.3 is 10.4 Å². The van der Waals surface area contributed by atoms with E-state index in [1.165, 1.54) is 0 Å². The summed E-state index contributed by atoms with van der Waals surface area (Å²) >= 11 is 0. The van der Waals surface area contributed by atoms with E-state index in [1.807, 2.05) is 42.5 Å². The van der Waals surface area contributed by atoms with Gasteiger partial charge in [-0.2, -0.15) is 0 Å². The SMILES string of the molecule is CC(=O)c1ccc(-c2ccc(C(=O)Nc3ccc4cccc(O)c4c3)cc2)cc1. The summed E-state index contributed by atoms with van der Waals surface area (Å²) < 4.78 is 0. The monoisotopic (exact) mass is 381 g/mol. The lowest BCUT2D eigenvalue weighted by Gasteiger charge is -2.09. The fourth-order valence-electron chi connectivity index (χ4n) is 3.25. The molecular formula is C25H19NO3. The first-order chi connectivity index (χ1) is 14.0. The Morgan fingerprint density at radius 2 is 1.38 bits per heavy atom. The maximum atomic E-state index is 12.6. The standard InChI is InChI=1S/C25H19NO3/c1-16(27)17-5-7-18(8-6-17)19-9-11-21(12-10-19)25(29)26-22-14-13-20-3-2-4-24(28)23(20)15-22/h2-15,28H,1H3,(H,26,29). The number of Topliss-reactive ketones (excluding diaryl/α,β-unsaturated/α-hetero) is 1. The third-order valence-corrected chi connectivity index (χ3v) is 4.89. The highest BCUT2D eigenvalue weighted by Gasteiger charge is 2.09. The van der Waals surface area contributed by atoms with E-state index in [2.05, 4.69) is 5.32 Å². The molecule has 4 aromatic carbocycles. The van der Waals surface area contributed by atoms with Crippen molar-refractivity contribution in [2.45, 2.75) is 6.92 Å². The summed E-state index contributed by atoms with van der Waals surface area (Å²) in [7, 11) is 0. The van der Waals surface area contributed by atoms with Gasteiger partial charge in [0.25, 0.3) is 5.91 Å². The van der Waals surface area contributed by atoms with Gasteiger partial charge in [-0.25, -0.2) is 0 Å². The Balaban J connectivity index is 1.52. The van der Waals surface area contributed by atoms with Gasteiger partial charge in [-0.05, 0) is 53.8 Å². The van der Waals surface area contributed by atoms with Crippen LogP contribution >= 0.6 is 0 Å². The quantitative estimate of drug-likeness (QED) is 0.448. The largest absolute Gasteiger partial charge is 0.507 e. The first-order valence-corrected chi connectivity index (χ1v) is 9.26. The average molecular weight is 381 g/mol. The fourth-order valence-corrected chi connectivity index (χ4v) is 3.25. The Bertz CT molecular complexity index is 1210. The number of fused-ring (bicyclic) bond motifs is 1. The number of carbonyl (C=O) groups is 2. The lowest BCUT2D eigenvalue weighted by Crippen LogP contribution is -2.11. The van der Waals surface area contributed by atoms with Crippen LogP contribution in [0.3, 0.4) is 0 Å². The summed E-state index contributed by atoms with van der Waals surface area (Å²) in [5.41, 5.74) is 3.77. The number of hydrogen-bond acceptors (Lipinski definition) is 3. The van der Waals surface area contributed by atoms with Crippen molar-refractivity contribution in [3.8, 4) is 16.9 Å². The zero-order valence-corrected chi connectivity index (χ0v) is 15.8. The summed E-state index contributed by atoms with van der Waals surface area (Å²) in [5.74, 6) is -0.0115. The smallest absolute Gasteiger partial charge is 0.255 e. The topological polar surface area (TPSA) is 66.4 Å². The molecule has 0 aliphatic carbocycles. The van der Waals surface area contributed by atoms with Crippen molar-refractivity contribution in [2.24, 2.45) is 0 Å². The molecule has 4 heteroatoms. The van der Waals surface area contributed by atoms with Gasteiger partial charge >= 0.3 is 0 Å². The van der Waals surface area contributed by atoms with E-state index in [4.69, 9.17) is 0 Å². The molecule has 1 amide bonds. The van der Waals surface area contributed by atoms with Gasteiger partial charge in [-0.3, -0.25) is 9.59 Å². The number of anilines is 1. The lowest BCUT2D eigenvalue weighted by molar-refractivity contribution is 0.101. The first kappa shape index (κ1) is 18.4. The highest BCUT2D eigenvalue weighted by molar-refractivity contribution is 6.05. The normalized spacial score (nSPS) is 10.7. The molecule has 142 valence electrons. The third kappa shape index (κ3) is 3.87. The summed E-state index contributed by atoms with van der Waals surface area (Å²) in [4.78, 5) is 24.0. The van der Waals surface area contributed by atoms with Crippen LogP contribution in [0.25, 0.3) is 21.9 Å². The zero-order chi connectivity index (χ0) is 20.4. The summed E-state index contributed by atoms with van der Waals surface area (Å²) in [6.45, 7) is 1.54. The van der Waals surface area contributed by atoms with Crippen molar-refractivity contribution in [3.63, 3.8) is 0 Å². The molecule has 0 aromatic heterocycles. The molecule has 4 aromatic rings. The Morgan fingerprint density at radius 1 is 0.759 bits per heavy atom. The van der Waals surface area contributed by atoms with Gasteiger partial charge in [0.05, 0.1) is 0 Å². The molecule has 0 bridgehead atoms. The summed E-state index contributed by atoms with van der Waals surface area (Å²) in [5, 5.41) is 14.5. The van der Waals surface area contributed by atoms with Gasteiger partial charge in [0.2, 0.25) is 0 Å². The molecule has 0 fully saturated rings. The number of carbonyl (C=O) groups excluding carboxylic acids is 2. The lowest BCUT2D eigenvalue weighted by atomic mass is 10.0. The molecule has 4 rings (SSSR count). The van der Waals surface area contributed by atoms with E-state index >= 15 is 0 Å². The van der Waals surface area contributed by atoms with Crippen molar-refractivity contribution in [1.29, 1.82) is 0 Å².